The monoisotopic (exact) mass is 422 g/mol. The number of hydrogen-bond acceptors (Lipinski definition) is 4. The van der Waals surface area contributed by atoms with Gasteiger partial charge in [0.2, 0.25) is 5.91 Å². The van der Waals surface area contributed by atoms with Crippen LogP contribution in [0.4, 0.5) is 14.9 Å². The summed E-state index contributed by atoms with van der Waals surface area (Å²) in [4.78, 5) is 24.3. The number of carbonyl (C=O) groups is 2. The molecule has 1 fully saturated rings. The van der Waals surface area contributed by atoms with Crippen LogP contribution >= 0.6 is 0 Å². The first-order chi connectivity index (χ1) is 14.9. The van der Waals surface area contributed by atoms with Crippen LogP contribution < -0.4 is 10.6 Å². The van der Waals surface area contributed by atoms with Gasteiger partial charge in [-0.15, -0.1) is 0 Å². The molecule has 3 aromatic rings. The minimum Gasteiger partial charge on any atom is -0.507 e. The number of halogens is 1. The second-order valence-electron chi connectivity index (χ2n) is 7.70. The highest BCUT2D eigenvalue weighted by molar-refractivity contribution is 5.90. The van der Waals surface area contributed by atoms with Gasteiger partial charge in [0.05, 0.1) is 11.4 Å². The second kappa shape index (κ2) is 8.59. The Morgan fingerprint density at radius 1 is 1.19 bits per heavy atom. The number of anilines is 1. The molecule has 7 nitrogen and oxygen atoms in total. The predicted molar refractivity (Wildman–Crippen MR) is 114 cm³/mol. The van der Waals surface area contributed by atoms with E-state index < -0.39 is 6.03 Å². The minimum atomic E-state index is -0.421. The molecular weight excluding hydrogens is 399 g/mol. The van der Waals surface area contributed by atoms with Crippen molar-refractivity contribution in [1.29, 1.82) is 0 Å². The van der Waals surface area contributed by atoms with Crippen LogP contribution in [0.3, 0.4) is 0 Å². The molecule has 0 unspecified atom stereocenters. The Bertz CT molecular complexity index is 1140. The molecule has 1 aromatic heterocycles. The summed E-state index contributed by atoms with van der Waals surface area (Å²) in [5.41, 5.74) is 2.79. The van der Waals surface area contributed by atoms with Gasteiger partial charge in [-0.25, -0.2) is 9.18 Å². The molecule has 2 aromatic carbocycles. The van der Waals surface area contributed by atoms with Crippen molar-refractivity contribution in [3.05, 3.63) is 65.6 Å². The van der Waals surface area contributed by atoms with Gasteiger partial charge >= 0.3 is 6.03 Å². The fourth-order valence-electron chi connectivity index (χ4n) is 3.61. The van der Waals surface area contributed by atoms with Crippen LogP contribution in [0, 0.1) is 5.82 Å². The van der Waals surface area contributed by atoms with Crippen molar-refractivity contribution in [3.63, 3.8) is 0 Å². The van der Waals surface area contributed by atoms with E-state index in [1.807, 2.05) is 0 Å². The molecule has 8 heteroatoms. The highest BCUT2D eigenvalue weighted by atomic mass is 19.1. The van der Waals surface area contributed by atoms with Gasteiger partial charge in [0.25, 0.3) is 0 Å². The first-order valence-corrected chi connectivity index (χ1v) is 10.1. The molecule has 0 bridgehead atoms. The minimum absolute atomic E-state index is 0.000851. The highest BCUT2D eigenvalue weighted by Gasteiger charge is 2.27. The van der Waals surface area contributed by atoms with Gasteiger partial charge in [-0.2, -0.15) is 9.78 Å². The molecule has 31 heavy (non-hydrogen) atoms. The number of hydrogen-bond donors (Lipinski definition) is 3. The lowest BCUT2D eigenvalue weighted by Crippen LogP contribution is -2.31. The molecule has 160 valence electrons. The second-order valence-corrected chi connectivity index (χ2v) is 7.70. The molecule has 0 atom stereocenters. The molecule has 1 aliphatic carbocycles. The zero-order valence-corrected chi connectivity index (χ0v) is 17.1. The number of phenolic OH excluding ortho intramolecular Hbond substituents is 1. The van der Waals surface area contributed by atoms with Crippen molar-refractivity contribution >= 4 is 17.6 Å². The van der Waals surface area contributed by atoms with Gasteiger partial charge in [-0.05, 0) is 54.8 Å². The highest BCUT2D eigenvalue weighted by Crippen LogP contribution is 2.39. The van der Waals surface area contributed by atoms with E-state index in [0.29, 0.717) is 22.5 Å². The molecule has 4 rings (SSSR count). The van der Waals surface area contributed by atoms with Crippen molar-refractivity contribution < 1.29 is 19.1 Å². The van der Waals surface area contributed by atoms with E-state index in [9.17, 15) is 19.1 Å². The van der Waals surface area contributed by atoms with Crippen LogP contribution in [0.1, 0.15) is 43.4 Å². The molecule has 2 amide bonds. The van der Waals surface area contributed by atoms with Crippen molar-refractivity contribution in [1.82, 2.24) is 15.1 Å². The fraction of sp³-hybridized carbons (Fsp3) is 0.261. The molecule has 0 spiro atoms. The summed E-state index contributed by atoms with van der Waals surface area (Å²) in [6.45, 7) is 1.57. The number of aromatic nitrogens is 2. The topological polar surface area (TPSA) is 96.2 Å². The summed E-state index contributed by atoms with van der Waals surface area (Å²) in [6.07, 6.45) is 3.00. The summed E-state index contributed by atoms with van der Waals surface area (Å²) in [6, 6.07) is 12.1. The summed E-state index contributed by atoms with van der Waals surface area (Å²) in [5, 5.41) is 20.3. The molecule has 0 aliphatic heterocycles. The Kier molecular flexibility index (Phi) is 5.70. The van der Waals surface area contributed by atoms with E-state index in [4.69, 9.17) is 0 Å². The third kappa shape index (κ3) is 4.58. The lowest BCUT2D eigenvalue weighted by molar-refractivity contribution is -0.114. The largest absolute Gasteiger partial charge is 0.507 e. The first-order valence-electron chi connectivity index (χ1n) is 10.1. The van der Waals surface area contributed by atoms with Crippen LogP contribution in [0.25, 0.3) is 11.3 Å². The predicted octanol–water partition coefficient (Wildman–Crippen LogP) is 4.38. The van der Waals surface area contributed by atoms with Crippen LogP contribution in [-0.4, -0.2) is 26.8 Å². The van der Waals surface area contributed by atoms with Crippen LogP contribution in [-0.2, 0) is 11.3 Å². The summed E-state index contributed by atoms with van der Waals surface area (Å²) >= 11 is 0. The first kappa shape index (κ1) is 20.6. The maximum absolute atomic E-state index is 13.4. The van der Waals surface area contributed by atoms with Crippen LogP contribution in [0.15, 0.2) is 48.5 Å². The van der Waals surface area contributed by atoms with Crippen molar-refractivity contribution in [2.24, 2.45) is 0 Å². The Morgan fingerprint density at radius 2 is 2.00 bits per heavy atom. The number of rotatable bonds is 5. The Morgan fingerprint density at radius 3 is 2.68 bits per heavy atom. The SMILES string of the molecule is CC(=O)Nc1ccc(O)c(-c2cc(C3CCC3)n(C(=O)NCc3cccc(F)c3)n2)c1. The Balaban J connectivity index is 1.63. The molecule has 0 radical (unpaired) electrons. The van der Waals surface area contributed by atoms with Gasteiger partial charge in [0.1, 0.15) is 11.6 Å². The number of benzene rings is 2. The molecule has 1 saturated carbocycles. The van der Waals surface area contributed by atoms with Gasteiger partial charge in [0.15, 0.2) is 0 Å². The van der Waals surface area contributed by atoms with Crippen molar-refractivity contribution in [2.75, 3.05) is 5.32 Å². The quantitative estimate of drug-likeness (QED) is 0.532. The zero-order chi connectivity index (χ0) is 22.0. The van der Waals surface area contributed by atoms with Crippen molar-refractivity contribution in [2.45, 2.75) is 38.6 Å². The van der Waals surface area contributed by atoms with E-state index in [0.717, 1.165) is 25.0 Å². The number of amides is 2. The summed E-state index contributed by atoms with van der Waals surface area (Å²) in [5.74, 6) is -0.382. The van der Waals surface area contributed by atoms with E-state index in [1.165, 1.54) is 29.8 Å². The number of nitrogens with one attached hydrogen (secondary N) is 2. The Labute approximate surface area is 178 Å². The summed E-state index contributed by atoms with van der Waals surface area (Å²) in [7, 11) is 0. The third-order valence-electron chi connectivity index (χ3n) is 5.38. The maximum atomic E-state index is 13.4. The molecule has 1 aliphatic rings. The molecule has 3 N–H and O–H groups in total. The Hall–Kier alpha value is -3.68. The van der Waals surface area contributed by atoms with Crippen molar-refractivity contribution in [3.8, 4) is 17.0 Å². The molecule has 0 saturated heterocycles. The standard InChI is InChI=1S/C23H23FN4O3/c1-14(29)26-18-8-9-22(30)19(11-18)20-12-21(16-5-3-6-16)28(27-20)23(31)25-13-15-4-2-7-17(24)10-15/h2,4,7-12,16,30H,3,5-6,13H2,1H3,(H,25,31)(H,26,29). The normalized spacial score (nSPS) is 13.5. The molecule has 1 heterocycles. The lowest BCUT2D eigenvalue weighted by Gasteiger charge is -2.25. The number of aromatic hydroxyl groups is 1. The maximum Gasteiger partial charge on any atom is 0.342 e. The van der Waals surface area contributed by atoms with Gasteiger partial charge in [0, 0.05) is 30.6 Å². The average Bonchev–Trinajstić information content (AvgIpc) is 3.10. The van der Waals surface area contributed by atoms with Gasteiger partial charge in [-0.3, -0.25) is 4.79 Å². The smallest absolute Gasteiger partial charge is 0.342 e. The summed E-state index contributed by atoms with van der Waals surface area (Å²) < 4.78 is 14.7. The fourth-order valence-corrected chi connectivity index (χ4v) is 3.61. The third-order valence-corrected chi connectivity index (χ3v) is 5.38. The number of phenols is 1. The van der Waals surface area contributed by atoms with Crippen LogP contribution in [0.5, 0.6) is 5.75 Å². The van der Waals surface area contributed by atoms with E-state index in [2.05, 4.69) is 15.7 Å². The van der Waals surface area contributed by atoms with Gasteiger partial charge in [-0.1, -0.05) is 18.6 Å². The van der Waals surface area contributed by atoms with E-state index in [1.54, 1.807) is 30.3 Å². The van der Waals surface area contributed by atoms with Crippen LogP contribution in [0.2, 0.25) is 0 Å². The zero-order valence-electron chi connectivity index (χ0n) is 17.1. The van der Waals surface area contributed by atoms with Gasteiger partial charge < -0.3 is 15.7 Å². The number of nitrogens with zero attached hydrogens (tertiary/aromatic N) is 2. The van der Waals surface area contributed by atoms with E-state index in [-0.39, 0.29) is 29.9 Å². The lowest BCUT2D eigenvalue weighted by atomic mass is 9.82. The number of carbonyl (C=O) groups excluding carboxylic acids is 2. The molecular formula is C23H23FN4O3. The van der Waals surface area contributed by atoms with E-state index >= 15 is 0 Å². The average molecular weight is 422 g/mol.